The molecule has 1 unspecified atom stereocenters. The van der Waals surface area contributed by atoms with E-state index < -0.39 is 6.09 Å². The molecule has 0 rings (SSSR count). The Kier molecular flexibility index (Phi) is 9.44. The van der Waals surface area contributed by atoms with Crippen LogP contribution in [-0.2, 0) is 0 Å². The molecule has 0 heterocycles. The summed E-state index contributed by atoms with van der Waals surface area (Å²) in [6.45, 7) is 1.92. The van der Waals surface area contributed by atoms with E-state index in [-0.39, 0.29) is 28.0 Å². The van der Waals surface area contributed by atoms with Gasteiger partial charge in [0.15, 0.2) is 0 Å². The van der Waals surface area contributed by atoms with Crippen LogP contribution in [0.5, 0.6) is 0 Å². The maximum atomic E-state index is 9.85. The van der Waals surface area contributed by atoms with E-state index in [1.165, 1.54) is 0 Å². The summed E-state index contributed by atoms with van der Waals surface area (Å²) in [4.78, 5) is 9.85. The number of alkyl halides is 1. The van der Waals surface area contributed by atoms with Crippen molar-refractivity contribution in [2.45, 2.75) is 17.4 Å². The van der Waals surface area contributed by atoms with Gasteiger partial charge in [0.2, 0.25) is 0 Å². The highest BCUT2D eigenvalue weighted by Gasteiger charge is 2.00. The van der Waals surface area contributed by atoms with Gasteiger partial charge in [-0.15, -0.1) is 24.0 Å². The van der Waals surface area contributed by atoms with Gasteiger partial charge >= 0.3 is 6.09 Å². The van der Waals surface area contributed by atoms with Crippen LogP contribution in [0.4, 0.5) is 4.79 Å². The lowest BCUT2D eigenvalue weighted by Gasteiger charge is -2.03. The summed E-state index contributed by atoms with van der Waals surface area (Å²) in [6.07, 6.45) is -0.126. The maximum Gasteiger partial charge on any atom is 0.405 e. The van der Waals surface area contributed by atoms with Crippen LogP contribution < -0.4 is 5.32 Å². The van der Waals surface area contributed by atoms with Gasteiger partial charge in [0.05, 0.1) is 4.05 Å². The number of hydrogen-bond acceptors (Lipinski definition) is 1. The number of halogens is 2. The van der Waals surface area contributed by atoms with Crippen molar-refractivity contribution in [3.8, 4) is 0 Å². The van der Waals surface area contributed by atoms with Crippen LogP contribution in [0.1, 0.15) is 13.3 Å². The highest BCUT2D eigenvalue weighted by Crippen LogP contribution is 1.98. The molecule has 0 spiro atoms. The normalized spacial score (nSPS) is 11.3. The van der Waals surface area contributed by atoms with Crippen LogP contribution in [-0.4, -0.2) is 15.2 Å². The lowest BCUT2D eigenvalue weighted by Crippen LogP contribution is -2.27. The fraction of sp³-hybridized carbons (Fsp3) is 0.750. The van der Waals surface area contributed by atoms with Gasteiger partial charge in [0.25, 0.3) is 0 Å². The first kappa shape index (κ1) is 12.4. The first-order chi connectivity index (χ1) is 3.66. The minimum absolute atomic E-state index is 0. The molecule has 0 fully saturated rings. The Hall–Kier alpha value is 0.730. The van der Waals surface area contributed by atoms with Crippen molar-refractivity contribution in [1.82, 2.24) is 5.32 Å². The summed E-state index contributed by atoms with van der Waals surface area (Å²) < 4.78 is 0.0464. The quantitative estimate of drug-likeness (QED) is 0.452. The van der Waals surface area contributed by atoms with E-state index in [2.05, 4.69) is 5.32 Å². The summed E-state index contributed by atoms with van der Waals surface area (Å²) in [6, 6.07) is 0. The summed E-state index contributed by atoms with van der Waals surface area (Å²) in [7, 11) is 0. The minimum atomic E-state index is -0.953. The predicted molar refractivity (Wildman–Crippen MR) is 54.7 cm³/mol. The second kappa shape index (κ2) is 6.84. The van der Waals surface area contributed by atoms with Crippen LogP contribution in [0.3, 0.4) is 0 Å². The average Bonchev–Trinajstić information content (AvgIpc) is 1.65. The van der Waals surface area contributed by atoms with Crippen molar-refractivity contribution in [3.05, 3.63) is 0 Å². The Bertz CT molecular complexity index is 88.6. The Morgan fingerprint density at radius 1 is 1.89 bits per heavy atom. The fourth-order valence-corrected chi connectivity index (χ4v) is 0.502. The zero-order valence-electron chi connectivity index (χ0n) is 4.93. The number of amides is 1. The van der Waals surface area contributed by atoms with Crippen molar-refractivity contribution in [3.63, 3.8) is 0 Å². The van der Waals surface area contributed by atoms with Gasteiger partial charge in [-0.25, -0.2) is 4.79 Å². The molecular weight excluding hydrogens is 348 g/mol. The molecule has 0 aliphatic heterocycles. The van der Waals surface area contributed by atoms with Crippen LogP contribution in [0.2, 0.25) is 0 Å². The van der Waals surface area contributed by atoms with Crippen molar-refractivity contribution in [2.75, 3.05) is 0 Å². The van der Waals surface area contributed by atoms with Crippen LogP contribution >= 0.6 is 46.6 Å². The van der Waals surface area contributed by atoms with Crippen LogP contribution in [0, 0.1) is 0 Å². The molecule has 0 aromatic heterocycles. The Morgan fingerprint density at radius 2 is 2.33 bits per heavy atom. The maximum absolute atomic E-state index is 9.85. The molecule has 0 bridgehead atoms. The van der Waals surface area contributed by atoms with Gasteiger partial charge < -0.3 is 10.4 Å². The standard InChI is InChI=1S/C4H8INO2.HI/c1-2-3(5)6-4(7)8;/h3,6H,2H2,1H3,(H,7,8);1H. The second-order valence-electron chi connectivity index (χ2n) is 1.33. The van der Waals surface area contributed by atoms with Gasteiger partial charge in [-0.2, -0.15) is 0 Å². The van der Waals surface area contributed by atoms with Crippen LogP contribution in [0.25, 0.3) is 0 Å². The minimum Gasteiger partial charge on any atom is -0.465 e. The molecule has 2 N–H and O–H groups in total. The van der Waals surface area contributed by atoms with E-state index in [1.807, 2.05) is 29.5 Å². The van der Waals surface area contributed by atoms with E-state index in [0.29, 0.717) is 0 Å². The molecule has 0 saturated carbocycles. The zero-order chi connectivity index (χ0) is 6.57. The van der Waals surface area contributed by atoms with Crippen molar-refractivity contribution in [1.29, 1.82) is 0 Å². The topological polar surface area (TPSA) is 49.3 Å². The van der Waals surface area contributed by atoms with Gasteiger partial charge in [-0.05, 0) is 6.42 Å². The number of carboxylic acid groups (broad SMARTS) is 1. The molecule has 0 aliphatic rings. The monoisotopic (exact) mass is 357 g/mol. The average molecular weight is 357 g/mol. The summed E-state index contributed by atoms with van der Waals surface area (Å²) >= 11 is 2.03. The molecule has 3 nitrogen and oxygen atoms in total. The SMILES string of the molecule is CCC(I)NC(=O)O.I. The van der Waals surface area contributed by atoms with E-state index in [0.717, 1.165) is 6.42 Å². The molecule has 0 aliphatic carbocycles. The van der Waals surface area contributed by atoms with E-state index in [4.69, 9.17) is 5.11 Å². The molecule has 1 atom stereocenters. The smallest absolute Gasteiger partial charge is 0.405 e. The number of hydrogen-bond donors (Lipinski definition) is 2. The molecule has 0 aromatic carbocycles. The van der Waals surface area contributed by atoms with Gasteiger partial charge in [0.1, 0.15) is 0 Å². The summed E-state index contributed by atoms with van der Waals surface area (Å²) in [5.74, 6) is 0. The summed E-state index contributed by atoms with van der Waals surface area (Å²) in [5.41, 5.74) is 0. The summed E-state index contributed by atoms with van der Waals surface area (Å²) in [5, 5.41) is 10.4. The fourth-order valence-electron chi connectivity index (χ4n) is 0.236. The van der Waals surface area contributed by atoms with Gasteiger partial charge in [0, 0.05) is 0 Å². The first-order valence-electron chi connectivity index (χ1n) is 2.30. The van der Waals surface area contributed by atoms with E-state index in [1.54, 1.807) is 0 Å². The molecule has 5 heteroatoms. The third kappa shape index (κ3) is 8.73. The predicted octanol–water partition coefficient (Wildman–Crippen LogP) is 2.04. The zero-order valence-corrected chi connectivity index (χ0v) is 9.41. The van der Waals surface area contributed by atoms with Crippen molar-refractivity contribution in [2.24, 2.45) is 0 Å². The van der Waals surface area contributed by atoms with Crippen molar-refractivity contribution < 1.29 is 9.90 Å². The number of nitrogens with one attached hydrogen (secondary N) is 1. The Balaban J connectivity index is 0. The molecule has 0 saturated heterocycles. The lowest BCUT2D eigenvalue weighted by molar-refractivity contribution is 0.194. The van der Waals surface area contributed by atoms with E-state index in [9.17, 15) is 4.79 Å². The van der Waals surface area contributed by atoms with Gasteiger partial charge in [-0.1, -0.05) is 29.5 Å². The first-order valence-corrected chi connectivity index (χ1v) is 3.55. The highest BCUT2D eigenvalue weighted by molar-refractivity contribution is 14.1. The third-order valence-electron chi connectivity index (χ3n) is 0.639. The van der Waals surface area contributed by atoms with Crippen LogP contribution in [0.15, 0.2) is 0 Å². The van der Waals surface area contributed by atoms with Gasteiger partial charge in [-0.3, -0.25) is 0 Å². The molecule has 1 amide bonds. The number of rotatable bonds is 2. The molecule has 56 valence electrons. The lowest BCUT2D eigenvalue weighted by atomic mass is 10.5. The van der Waals surface area contributed by atoms with E-state index >= 15 is 0 Å². The largest absolute Gasteiger partial charge is 0.465 e. The second-order valence-corrected chi connectivity index (χ2v) is 2.83. The molecule has 0 aromatic rings. The van der Waals surface area contributed by atoms with Crippen molar-refractivity contribution >= 4 is 52.7 Å². The number of carbonyl (C=O) groups is 1. The molecular formula is C4H9I2NO2. The Labute approximate surface area is 84.7 Å². The highest BCUT2D eigenvalue weighted by atomic mass is 127. The molecule has 9 heavy (non-hydrogen) atoms. The third-order valence-corrected chi connectivity index (χ3v) is 1.83. The Morgan fingerprint density at radius 3 is 2.44 bits per heavy atom. The molecule has 0 radical (unpaired) electrons.